The standard InChI is InChI=1S/C23H23ClF2N2O3/c1-2-3-12-31-13-4-11-28-22(29)20(15-5-7-16(24)8-6-15)21(23(28)30)27-17-9-10-18(25)19(26)14-17/h5-10,14,27H,2-4,11-13H2,1H3. The van der Waals surface area contributed by atoms with E-state index < -0.39 is 23.4 Å². The van der Waals surface area contributed by atoms with Gasteiger partial charge in [0.05, 0.1) is 5.57 Å². The van der Waals surface area contributed by atoms with Gasteiger partial charge in [0.2, 0.25) is 0 Å². The Bertz CT molecular complexity index is 993. The molecule has 5 nitrogen and oxygen atoms in total. The molecule has 0 aromatic heterocycles. The number of carbonyl (C=O) groups excluding carboxylic acids is 2. The quantitative estimate of drug-likeness (QED) is 0.409. The van der Waals surface area contributed by atoms with Crippen LogP contribution in [0.25, 0.3) is 5.57 Å². The highest BCUT2D eigenvalue weighted by atomic mass is 35.5. The lowest BCUT2D eigenvalue weighted by Gasteiger charge is -2.15. The van der Waals surface area contributed by atoms with E-state index in [1.165, 1.54) is 6.07 Å². The highest BCUT2D eigenvalue weighted by Gasteiger charge is 2.38. The SMILES string of the molecule is CCCCOCCCN1C(=O)C(Nc2ccc(F)c(F)c2)=C(c2ccc(Cl)cc2)C1=O. The van der Waals surface area contributed by atoms with Crippen LogP contribution >= 0.6 is 11.6 Å². The molecule has 1 N–H and O–H groups in total. The smallest absolute Gasteiger partial charge is 0.278 e. The Hall–Kier alpha value is -2.77. The molecule has 0 saturated heterocycles. The highest BCUT2D eigenvalue weighted by molar-refractivity contribution is 6.36. The van der Waals surface area contributed by atoms with Gasteiger partial charge in [0.15, 0.2) is 11.6 Å². The molecule has 0 fully saturated rings. The Balaban J connectivity index is 1.84. The van der Waals surface area contributed by atoms with Crippen LogP contribution in [0.2, 0.25) is 5.02 Å². The minimum atomic E-state index is -1.06. The lowest BCUT2D eigenvalue weighted by atomic mass is 10.0. The number of ether oxygens (including phenoxy) is 1. The van der Waals surface area contributed by atoms with Crippen LogP contribution in [0.5, 0.6) is 0 Å². The van der Waals surface area contributed by atoms with Gasteiger partial charge in [0, 0.05) is 36.5 Å². The summed E-state index contributed by atoms with van der Waals surface area (Å²) in [6.45, 7) is 3.31. The summed E-state index contributed by atoms with van der Waals surface area (Å²) in [6, 6.07) is 9.67. The lowest BCUT2D eigenvalue weighted by Crippen LogP contribution is -2.34. The number of rotatable bonds is 10. The van der Waals surface area contributed by atoms with E-state index in [4.69, 9.17) is 16.3 Å². The van der Waals surface area contributed by atoms with Crippen LogP contribution in [0, 0.1) is 11.6 Å². The average Bonchev–Trinajstić information content (AvgIpc) is 2.98. The Kier molecular flexibility index (Phi) is 7.76. The van der Waals surface area contributed by atoms with Gasteiger partial charge in [-0.15, -0.1) is 0 Å². The number of halogens is 3. The van der Waals surface area contributed by atoms with Crippen molar-refractivity contribution in [2.45, 2.75) is 26.2 Å². The molecule has 0 unspecified atom stereocenters. The molecule has 0 radical (unpaired) electrons. The molecule has 1 aliphatic rings. The fraction of sp³-hybridized carbons (Fsp3) is 0.304. The molecule has 2 amide bonds. The predicted molar refractivity (Wildman–Crippen MR) is 115 cm³/mol. The molecular weight excluding hydrogens is 426 g/mol. The van der Waals surface area contributed by atoms with Crippen molar-refractivity contribution >= 4 is 34.7 Å². The summed E-state index contributed by atoms with van der Waals surface area (Å²) in [5, 5.41) is 3.28. The summed E-state index contributed by atoms with van der Waals surface area (Å²) in [4.78, 5) is 27.3. The van der Waals surface area contributed by atoms with Crippen LogP contribution in [0.15, 0.2) is 48.2 Å². The first-order valence-electron chi connectivity index (χ1n) is 10.1. The number of amides is 2. The molecule has 1 heterocycles. The van der Waals surface area contributed by atoms with Gasteiger partial charge >= 0.3 is 0 Å². The molecule has 1 aliphatic heterocycles. The second kappa shape index (κ2) is 10.5. The van der Waals surface area contributed by atoms with E-state index in [1.807, 2.05) is 0 Å². The van der Waals surface area contributed by atoms with E-state index in [2.05, 4.69) is 12.2 Å². The third-order valence-corrected chi connectivity index (χ3v) is 5.05. The Morgan fingerprint density at radius 3 is 2.35 bits per heavy atom. The molecule has 164 valence electrons. The lowest BCUT2D eigenvalue weighted by molar-refractivity contribution is -0.137. The van der Waals surface area contributed by atoms with Crippen molar-refractivity contribution in [3.63, 3.8) is 0 Å². The van der Waals surface area contributed by atoms with Gasteiger partial charge < -0.3 is 10.1 Å². The summed E-state index contributed by atoms with van der Waals surface area (Å²) in [5.41, 5.74) is 0.810. The van der Waals surface area contributed by atoms with Crippen molar-refractivity contribution in [1.29, 1.82) is 0 Å². The zero-order valence-electron chi connectivity index (χ0n) is 17.1. The first-order valence-corrected chi connectivity index (χ1v) is 10.5. The van der Waals surface area contributed by atoms with Gasteiger partial charge in [0.25, 0.3) is 11.8 Å². The second-order valence-electron chi connectivity index (χ2n) is 7.09. The molecule has 0 bridgehead atoms. The molecular formula is C23H23ClF2N2O3. The summed E-state index contributed by atoms with van der Waals surface area (Å²) in [7, 11) is 0. The zero-order valence-corrected chi connectivity index (χ0v) is 17.8. The van der Waals surface area contributed by atoms with Crippen LogP contribution in [-0.2, 0) is 14.3 Å². The van der Waals surface area contributed by atoms with E-state index >= 15 is 0 Å². The maximum absolute atomic E-state index is 13.6. The molecule has 0 spiro atoms. The number of benzene rings is 2. The van der Waals surface area contributed by atoms with Crippen molar-refractivity contribution < 1.29 is 23.1 Å². The van der Waals surface area contributed by atoms with Crippen molar-refractivity contribution in [3.8, 4) is 0 Å². The van der Waals surface area contributed by atoms with Gasteiger partial charge in [-0.1, -0.05) is 37.1 Å². The third kappa shape index (κ3) is 5.48. The number of nitrogens with zero attached hydrogens (tertiary/aromatic N) is 1. The van der Waals surface area contributed by atoms with Gasteiger partial charge in [-0.3, -0.25) is 14.5 Å². The number of nitrogens with one attached hydrogen (secondary N) is 1. The van der Waals surface area contributed by atoms with E-state index in [1.54, 1.807) is 24.3 Å². The maximum Gasteiger partial charge on any atom is 0.278 e. The largest absolute Gasteiger partial charge is 0.381 e. The highest BCUT2D eigenvalue weighted by Crippen LogP contribution is 2.31. The minimum absolute atomic E-state index is 0.00484. The Morgan fingerprint density at radius 1 is 0.968 bits per heavy atom. The number of unbranched alkanes of at least 4 members (excludes halogenated alkanes) is 1. The monoisotopic (exact) mass is 448 g/mol. The van der Waals surface area contributed by atoms with Gasteiger partial charge in [-0.2, -0.15) is 0 Å². The second-order valence-corrected chi connectivity index (χ2v) is 7.53. The van der Waals surface area contributed by atoms with Crippen LogP contribution in [0.4, 0.5) is 14.5 Å². The fourth-order valence-corrected chi connectivity index (χ4v) is 3.30. The summed E-state index contributed by atoms with van der Waals surface area (Å²) >= 11 is 5.95. The fourth-order valence-electron chi connectivity index (χ4n) is 3.17. The van der Waals surface area contributed by atoms with Crippen LogP contribution < -0.4 is 5.32 Å². The first-order chi connectivity index (χ1) is 14.9. The Morgan fingerprint density at radius 2 is 1.68 bits per heavy atom. The number of hydrogen-bond acceptors (Lipinski definition) is 4. The first kappa shape index (κ1) is 22.9. The van der Waals surface area contributed by atoms with E-state index in [0.717, 1.165) is 29.9 Å². The molecule has 3 rings (SSSR count). The van der Waals surface area contributed by atoms with Crippen LogP contribution in [0.1, 0.15) is 31.7 Å². The predicted octanol–water partition coefficient (Wildman–Crippen LogP) is 5.02. The number of hydrogen-bond donors (Lipinski definition) is 1. The number of anilines is 1. The van der Waals surface area contributed by atoms with E-state index in [-0.39, 0.29) is 23.5 Å². The summed E-state index contributed by atoms with van der Waals surface area (Å²) in [5.74, 6) is -3.06. The summed E-state index contributed by atoms with van der Waals surface area (Å²) in [6.07, 6.45) is 2.47. The zero-order chi connectivity index (χ0) is 22.4. The topological polar surface area (TPSA) is 58.6 Å². The van der Waals surface area contributed by atoms with Gasteiger partial charge in [-0.25, -0.2) is 8.78 Å². The minimum Gasteiger partial charge on any atom is -0.381 e. The normalized spacial score (nSPS) is 14.0. The number of carbonyl (C=O) groups is 2. The maximum atomic E-state index is 13.6. The molecule has 0 atom stereocenters. The van der Waals surface area contributed by atoms with Crippen LogP contribution in [-0.4, -0.2) is 36.5 Å². The van der Waals surface area contributed by atoms with Crippen molar-refractivity contribution in [1.82, 2.24) is 4.90 Å². The Labute approximate surface area is 184 Å². The molecule has 31 heavy (non-hydrogen) atoms. The summed E-state index contributed by atoms with van der Waals surface area (Å²) < 4.78 is 32.4. The molecule has 2 aromatic rings. The average molecular weight is 449 g/mol. The van der Waals surface area contributed by atoms with E-state index in [9.17, 15) is 18.4 Å². The van der Waals surface area contributed by atoms with Crippen molar-refractivity contribution in [2.24, 2.45) is 0 Å². The van der Waals surface area contributed by atoms with Crippen LogP contribution in [0.3, 0.4) is 0 Å². The van der Waals surface area contributed by atoms with Gasteiger partial charge in [-0.05, 0) is 42.7 Å². The van der Waals surface area contributed by atoms with Crippen molar-refractivity contribution in [2.75, 3.05) is 25.1 Å². The molecule has 0 aliphatic carbocycles. The molecule has 2 aromatic carbocycles. The van der Waals surface area contributed by atoms with E-state index in [0.29, 0.717) is 30.2 Å². The molecule has 0 saturated carbocycles. The molecule has 8 heteroatoms. The number of imide groups is 1. The van der Waals surface area contributed by atoms with Crippen molar-refractivity contribution in [3.05, 3.63) is 70.4 Å². The van der Waals surface area contributed by atoms with Gasteiger partial charge in [0.1, 0.15) is 5.70 Å². The third-order valence-electron chi connectivity index (χ3n) is 4.80.